The molecule has 0 unspecified atom stereocenters. The van der Waals surface area contributed by atoms with Gasteiger partial charge in [-0.05, 0) is 61.9 Å². The third-order valence-electron chi connectivity index (χ3n) is 5.17. The van der Waals surface area contributed by atoms with Crippen molar-refractivity contribution in [2.45, 2.75) is 32.6 Å². The zero-order valence-corrected chi connectivity index (χ0v) is 15.4. The number of ether oxygens (including phenoxy) is 1. The summed E-state index contributed by atoms with van der Waals surface area (Å²) in [6, 6.07) is 4.55. The van der Waals surface area contributed by atoms with E-state index in [1.807, 2.05) is 0 Å². The fraction of sp³-hybridized carbons (Fsp3) is 0.286. The van der Waals surface area contributed by atoms with Gasteiger partial charge in [0.2, 0.25) is 0 Å². The maximum absolute atomic E-state index is 12.5. The highest BCUT2D eigenvalue weighted by molar-refractivity contribution is 6.35. The van der Waals surface area contributed by atoms with Gasteiger partial charge in [-0.25, -0.2) is 9.59 Å². The van der Waals surface area contributed by atoms with Gasteiger partial charge in [-0.15, -0.1) is 0 Å². The molecule has 0 saturated heterocycles. The number of carbonyl (C=O) groups excluding carboxylic acids is 2. The van der Waals surface area contributed by atoms with Crippen LogP contribution in [0.15, 0.2) is 18.2 Å². The van der Waals surface area contributed by atoms with Crippen molar-refractivity contribution in [2.24, 2.45) is 0 Å². The number of aromatic amines is 1. The van der Waals surface area contributed by atoms with Gasteiger partial charge in [0.25, 0.3) is 5.91 Å². The quantitative estimate of drug-likeness (QED) is 0.557. The molecule has 1 aliphatic heterocycles. The van der Waals surface area contributed by atoms with E-state index in [1.54, 1.807) is 19.1 Å². The topological polar surface area (TPSA) is 108 Å². The van der Waals surface area contributed by atoms with Crippen LogP contribution in [0.3, 0.4) is 0 Å². The van der Waals surface area contributed by atoms with Gasteiger partial charge < -0.3 is 20.1 Å². The van der Waals surface area contributed by atoms with E-state index >= 15 is 0 Å². The van der Waals surface area contributed by atoms with E-state index in [4.69, 9.17) is 9.84 Å². The summed E-state index contributed by atoms with van der Waals surface area (Å²) in [4.78, 5) is 39.1. The monoisotopic (exact) mass is 380 g/mol. The van der Waals surface area contributed by atoms with Gasteiger partial charge in [0.1, 0.15) is 5.69 Å². The van der Waals surface area contributed by atoms with Crippen LogP contribution < -0.4 is 5.32 Å². The molecule has 1 aromatic heterocycles. The second-order valence-corrected chi connectivity index (χ2v) is 6.88. The molecule has 1 aromatic carbocycles. The molecule has 7 heteroatoms. The molecule has 28 heavy (non-hydrogen) atoms. The van der Waals surface area contributed by atoms with Crippen LogP contribution >= 0.6 is 0 Å². The van der Waals surface area contributed by atoms with E-state index in [9.17, 15) is 14.4 Å². The number of rotatable bonds is 4. The molecule has 0 radical (unpaired) electrons. The molecule has 2 aliphatic rings. The van der Waals surface area contributed by atoms with Gasteiger partial charge in [-0.3, -0.25) is 4.79 Å². The van der Waals surface area contributed by atoms with Gasteiger partial charge in [0.15, 0.2) is 0 Å². The van der Waals surface area contributed by atoms with Crippen LogP contribution in [0.5, 0.6) is 0 Å². The minimum atomic E-state index is -1.05. The minimum Gasteiger partial charge on any atom is -0.478 e. The van der Waals surface area contributed by atoms with Crippen LogP contribution in [0, 0.1) is 0 Å². The average molecular weight is 380 g/mol. The Hall–Kier alpha value is -3.35. The number of amides is 1. The zero-order chi connectivity index (χ0) is 19.8. The first kappa shape index (κ1) is 18.0. The standard InChI is InChI=1S/C21H20N2O5/c1-2-28-21(27)18-14-6-4-3-5-12(14)17(22-18)10-15-13-8-7-11(20(25)26)9-16(13)23-19(15)24/h7-10,22H,2-6H2,1H3,(H,23,24)(H,25,26). The number of nitrogens with one attached hydrogen (secondary N) is 2. The van der Waals surface area contributed by atoms with Crippen molar-refractivity contribution >= 4 is 35.2 Å². The smallest absolute Gasteiger partial charge is 0.355 e. The summed E-state index contributed by atoms with van der Waals surface area (Å²) in [6.45, 7) is 2.06. The largest absolute Gasteiger partial charge is 0.478 e. The summed E-state index contributed by atoms with van der Waals surface area (Å²) >= 11 is 0. The third kappa shape index (κ3) is 2.98. The van der Waals surface area contributed by atoms with Crippen molar-refractivity contribution in [2.75, 3.05) is 11.9 Å². The van der Waals surface area contributed by atoms with Gasteiger partial charge >= 0.3 is 11.9 Å². The molecule has 0 saturated carbocycles. The van der Waals surface area contributed by atoms with E-state index < -0.39 is 5.97 Å². The van der Waals surface area contributed by atoms with Crippen molar-refractivity contribution in [3.63, 3.8) is 0 Å². The number of H-pyrrole nitrogens is 1. The second-order valence-electron chi connectivity index (χ2n) is 6.88. The fourth-order valence-corrected chi connectivity index (χ4v) is 3.88. The number of carboxylic acids is 1. The van der Waals surface area contributed by atoms with Gasteiger partial charge in [0, 0.05) is 16.9 Å². The number of carbonyl (C=O) groups is 3. The van der Waals surface area contributed by atoms with E-state index in [0.717, 1.165) is 42.5 Å². The Balaban J connectivity index is 1.79. The molecule has 3 N–H and O–H groups in total. The molecule has 144 valence electrons. The molecular weight excluding hydrogens is 360 g/mol. The predicted octanol–water partition coefficient (Wildman–Crippen LogP) is 3.26. The maximum atomic E-state index is 12.5. The molecule has 0 fully saturated rings. The summed E-state index contributed by atoms with van der Waals surface area (Å²) < 4.78 is 5.16. The van der Waals surface area contributed by atoms with Crippen molar-refractivity contribution in [1.82, 2.24) is 4.98 Å². The number of fused-ring (bicyclic) bond motifs is 2. The lowest BCUT2D eigenvalue weighted by Gasteiger charge is -2.13. The van der Waals surface area contributed by atoms with E-state index in [1.165, 1.54) is 12.1 Å². The van der Waals surface area contributed by atoms with Crippen LogP contribution in [0.2, 0.25) is 0 Å². The number of anilines is 1. The van der Waals surface area contributed by atoms with Crippen LogP contribution in [0.1, 0.15) is 63.0 Å². The van der Waals surface area contributed by atoms with Crippen molar-refractivity contribution < 1.29 is 24.2 Å². The predicted molar refractivity (Wildman–Crippen MR) is 103 cm³/mol. The summed E-state index contributed by atoms with van der Waals surface area (Å²) in [7, 11) is 0. The number of hydrogen-bond acceptors (Lipinski definition) is 4. The molecule has 1 aliphatic carbocycles. The maximum Gasteiger partial charge on any atom is 0.355 e. The molecule has 0 spiro atoms. The van der Waals surface area contributed by atoms with Crippen LogP contribution in [0.4, 0.5) is 5.69 Å². The first-order valence-electron chi connectivity index (χ1n) is 9.31. The van der Waals surface area contributed by atoms with Gasteiger partial charge in [-0.2, -0.15) is 0 Å². The number of aromatic nitrogens is 1. The Morgan fingerprint density at radius 3 is 2.68 bits per heavy atom. The Morgan fingerprint density at radius 1 is 1.21 bits per heavy atom. The first-order valence-corrected chi connectivity index (χ1v) is 9.31. The van der Waals surface area contributed by atoms with E-state index in [-0.39, 0.29) is 17.4 Å². The number of hydrogen-bond donors (Lipinski definition) is 3. The van der Waals surface area contributed by atoms with Crippen LogP contribution in [-0.4, -0.2) is 34.5 Å². The van der Waals surface area contributed by atoms with E-state index in [0.29, 0.717) is 29.1 Å². The Kier molecular flexibility index (Phi) is 4.50. The van der Waals surface area contributed by atoms with Gasteiger partial charge in [-0.1, -0.05) is 6.07 Å². The first-order chi connectivity index (χ1) is 13.5. The summed E-state index contributed by atoms with van der Waals surface area (Å²) in [5.41, 5.74) is 4.89. The molecule has 0 bridgehead atoms. The fourth-order valence-electron chi connectivity index (χ4n) is 3.88. The zero-order valence-electron chi connectivity index (χ0n) is 15.4. The molecule has 7 nitrogen and oxygen atoms in total. The highest BCUT2D eigenvalue weighted by Crippen LogP contribution is 2.36. The molecule has 0 atom stereocenters. The normalized spacial score (nSPS) is 16.5. The van der Waals surface area contributed by atoms with Crippen molar-refractivity contribution in [3.8, 4) is 0 Å². The second kappa shape index (κ2) is 6.99. The van der Waals surface area contributed by atoms with Crippen LogP contribution in [-0.2, 0) is 22.4 Å². The SMILES string of the molecule is CCOC(=O)c1[nH]c(C=C2C(=O)Nc3cc(C(=O)O)ccc32)c2c1CCCC2. The van der Waals surface area contributed by atoms with Crippen LogP contribution in [0.25, 0.3) is 11.6 Å². The summed E-state index contributed by atoms with van der Waals surface area (Å²) in [5, 5.41) is 11.9. The summed E-state index contributed by atoms with van der Waals surface area (Å²) in [6.07, 6.45) is 5.40. The summed E-state index contributed by atoms with van der Waals surface area (Å²) in [5.74, 6) is -1.73. The van der Waals surface area contributed by atoms with E-state index in [2.05, 4.69) is 10.3 Å². The Morgan fingerprint density at radius 2 is 1.96 bits per heavy atom. The number of esters is 1. The Bertz CT molecular complexity index is 1030. The Labute approximate surface area is 161 Å². The third-order valence-corrected chi connectivity index (χ3v) is 5.17. The van der Waals surface area contributed by atoms with Crippen molar-refractivity contribution in [1.29, 1.82) is 0 Å². The molecule has 2 heterocycles. The average Bonchev–Trinajstić information content (AvgIpc) is 3.20. The number of carboxylic acid groups (broad SMARTS) is 1. The molecule has 2 aromatic rings. The number of benzene rings is 1. The van der Waals surface area contributed by atoms with Gasteiger partial charge in [0.05, 0.1) is 17.7 Å². The molecule has 4 rings (SSSR count). The minimum absolute atomic E-state index is 0.113. The highest BCUT2D eigenvalue weighted by atomic mass is 16.5. The molecular formula is C21H20N2O5. The lowest BCUT2D eigenvalue weighted by atomic mass is 9.91. The number of aromatic carboxylic acids is 1. The lowest BCUT2D eigenvalue weighted by molar-refractivity contribution is -0.110. The lowest BCUT2D eigenvalue weighted by Crippen LogP contribution is -2.10. The molecule has 1 amide bonds. The highest BCUT2D eigenvalue weighted by Gasteiger charge is 2.28. The van der Waals surface area contributed by atoms with Crippen molar-refractivity contribution in [3.05, 3.63) is 51.8 Å².